The number of carbonyl (C=O) groups excluding carboxylic acids is 1. The number of ether oxygens (including phenoxy) is 1. The van der Waals surface area contributed by atoms with E-state index in [1.54, 1.807) is 17.8 Å². The predicted molar refractivity (Wildman–Crippen MR) is 105 cm³/mol. The average Bonchev–Trinajstić information content (AvgIpc) is 3.34. The summed E-state index contributed by atoms with van der Waals surface area (Å²) < 4.78 is 6.00. The molecular formula is C18H16ClN5O2S. The van der Waals surface area contributed by atoms with Gasteiger partial charge >= 0.3 is 0 Å². The molecule has 0 aliphatic carbocycles. The second-order valence-corrected chi connectivity index (χ2v) is 7.30. The number of hydrogen-bond donors (Lipinski definition) is 1. The second kappa shape index (κ2) is 7.89. The normalized spacial score (nSPS) is 16.3. The van der Waals surface area contributed by atoms with Crippen molar-refractivity contribution in [2.75, 3.05) is 23.3 Å². The summed E-state index contributed by atoms with van der Waals surface area (Å²) >= 11 is 7.27. The Balaban J connectivity index is 1.36. The Hall–Kier alpha value is -2.71. The Kier molecular flexibility index (Phi) is 5.17. The monoisotopic (exact) mass is 401 g/mol. The standard InChI is InChI=1S/C18H16ClN5O2S/c19-13-2-1-3-14(8-13)26-15-6-7-24(10-15)16-5-4-12(9-20-16)17(25)22-18-23-21-11-27-18/h1-5,8-9,11,15H,6-7,10H2,(H,22,23,25). The van der Waals surface area contributed by atoms with Crippen molar-refractivity contribution in [1.29, 1.82) is 0 Å². The van der Waals surface area contributed by atoms with Crippen LogP contribution in [0.1, 0.15) is 16.8 Å². The number of nitrogens with one attached hydrogen (secondary N) is 1. The summed E-state index contributed by atoms with van der Waals surface area (Å²) in [6, 6.07) is 11.0. The predicted octanol–water partition coefficient (Wildman–Crippen LogP) is 3.50. The Morgan fingerprint density at radius 1 is 1.33 bits per heavy atom. The van der Waals surface area contributed by atoms with E-state index in [2.05, 4.69) is 25.4 Å². The van der Waals surface area contributed by atoms with Gasteiger partial charge in [-0.1, -0.05) is 29.0 Å². The maximum atomic E-state index is 12.2. The first-order valence-corrected chi connectivity index (χ1v) is 9.64. The van der Waals surface area contributed by atoms with Crippen molar-refractivity contribution in [2.24, 2.45) is 0 Å². The van der Waals surface area contributed by atoms with Crippen molar-refractivity contribution in [3.05, 3.63) is 58.7 Å². The van der Waals surface area contributed by atoms with E-state index < -0.39 is 0 Å². The van der Waals surface area contributed by atoms with E-state index in [0.717, 1.165) is 31.1 Å². The number of anilines is 2. The summed E-state index contributed by atoms with van der Waals surface area (Å²) in [6.45, 7) is 1.57. The van der Waals surface area contributed by atoms with E-state index in [0.29, 0.717) is 15.7 Å². The van der Waals surface area contributed by atoms with Crippen LogP contribution in [0.2, 0.25) is 5.02 Å². The summed E-state index contributed by atoms with van der Waals surface area (Å²) in [5.74, 6) is 1.33. The smallest absolute Gasteiger partial charge is 0.259 e. The fraction of sp³-hybridized carbons (Fsp3) is 0.222. The van der Waals surface area contributed by atoms with Gasteiger partial charge in [0, 0.05) is 24.2 Å². The van der Waals surface area contributed by atoms with Crippen LogP contribution in [0.4, 0.5) is 10.9 Å². The van der Waals surface area contributed by atoms with E-state index in [1.807, 2.05) is 30.3 Å². The zero-order chi connectivity index (χ0) is 18.6. The highest BCUT2D eigenvalue weighted by atomic mass is 35.5. The fourth-order valence-corrected chi connectivity index (χ4v) is 3.49. The first kappa shape index (κ1) is 17.7. The quantitative estimate of drug-likeness (QED) is 0.704. The van der Waals surface area contributed by atoms with Crippen LogP contribution in [0.25, 0.3) is 0 Å². The Morgan fingerprint density at radius 3 is 3.00 bits per heavy atom. The van der Waals surface area contributed by atoms with E-state index in [-0.39, 0.29) is 12.0 Å². The molecule has 2 aromatic heterocycles. The molecule has 4 rings (SSSR count). The molecule has 1 atom stereocenters. The number of benzene rings is 1. The summed E-state index contributed by atoms with van der Waals surface area (Å²) in [5, 5.41) is 11.3. The van der Waals surface area contributed by atoms with Crippen LogP contribution in [-0.2, 0) is 0 Å². The van der Waals surface area contributed by atoms with E-state index in [4.69, 9.17) is 16.3 Å². The number of pyridine rings is 1. The summed E-state index contributed by atoms with van der Waals surface area (Å²) in [5.41, 5.74) is 2.03. The van der Waals surface area contributed by atoms with Gasteiger partial charge in [-0.3, -0.25) is 10.1 Å². The SMILES string of the molecule is O=C(Nc1nncs1)c1ccc(N2CCC(Oc3cccc(Cl)c3)C2)nc1. The number of halogens is 1. The fourth-order valence-electron chi connectivity index (χ4n) is 2.87. The average molecular weight is 402 g/mol. The molecule has 1 fully saturated rings. The van der Waals surface area contributed by atoms with Crippen molar-refractivity contribution >= 4 is 39.8 Å². The molecule has 1 unspecified atom stereocenters. The minimum absolute atomic E-state index is 0.0747. The van der Waals surface area contributed by atoms with Gasteiger partial charge in [0.2, 0.25) is 5.13 Å². The van der Waals surface area contributed by atoms with E-state index >= 15 is 0 Å². The van der Waals surface area contributed by atoms with Gasteiger partial charge in [-0.25, -0.2) is 4.98 Å². The molecule has 27 heavy (non-hydrogen) atoms. The van der Waals surface area contributed by atoms with Crippen LogP contribution in [0, 0.1) is 0 Å². The van der Waals surface area contributed by atoms with Gasteiger partial charge < -0.3 is 9.64 Å². The zero-order valence-electron chi connectivity index (χ0n) is 14.2. The van der Waals surface area contributed by atoms with Gasteiger partial charge in [-0.2, -0.15) is 0 Å². The van der Waals surface area contributed by atoms with E-state index in [9.17, 15) is 4.79 Å². The number of hydrogen-bond acceptors (Lipinski definition) is 7. The van der Waals surface area contributed by atoms with Gasteiger partial charge in [0.1, 0.15) is 23.2 Å². The molecule has 138 valence electrons. The number of rotatable bonds is 5. The molecule has 7 nitrogen and oxygen atoms in total. The molecular weight excluding hydrogens is 386 g/mol. The van der Waals surface area contributed by atoms with Crippen molar-refractivity contribution < 1.29 is 9.53 Å². The molecule has 0 spiro atoms. The second-order valence-electron chi connectivity index (χ2n) is 6.04. The zero-order valence-corrected chi connectivity index (χ0v) is 15.8. The molecule has 0 saturated carbocycles. The molecule has 3 heterocycles. The van der Waals surface area contributed by atoms with Crippen LogP contribution < -0.4 is 15.0 Å². The molecule has 1 amide bonds. The Bertz CT molecular complexity index is 920. The van der Waals surface area contributed by atoms with Crippen molar-refractivity contribution in [1.82, 2.24) is 15.2 Å². The first-order valence-electron chi connectivity index (χ1n) is 8.38. The molecule has 3 aromatic rings. The Morgan fingerprint density at radius 2 is 2.26 bits per heavy atom. The van der Waals surface area contributed by atoms with Gasteiger partial charge in [0.25, 0.3) is 5.91 Å². The minimum atomic E-state index is -0.255. The van der Waals surface area contributed by atoms with Crippen LogP contribution in [-0.4, -0.2) is 40.3 Å². The van der Waals surface area contributed by atoms with Crippen LogP contribution >= 0.6 is 22.9 Å². The number of amides is 1. The highest BCUT2D eigenvalue weighted by Gasteiger charge is 2.25. The molecule has 1 aliphatic heterocycles. The lowest BCUT2D eigenvalue weighted by Crippen LogP contribution is -2.25. The molecule has 0 bridgehead atoms. The third kappa shape index (κ3) is 4.35. The minimum Gasteiger partial charge on any atom is -0.488 e. The molecule has 1 saturated heterocycles. The van der Waals surface area contributed by atoms with Crippen molar-refractivity contribution in [2.45, 2.75) is 12.5 Å². The Labute approximate surface area is 165 Å². The van der Waals surface area contributed by atoms with Gasteiger partial charge in [-0.15, -0.1) is 10.2 Å². The summed E-state index contributed by atoms with van der Waals surface area (Å²) in [6.07, 6.45) is 2.54. The molecule has 1 N–H and O–H groups in total. The number of carbonyl (C=O) groups is 1. The molecule has 0 radical (unpaired) electrons. The highest BCUT2D eigenvalue weighted by Crippen LogP contribution is 2.24. The lowest BCUT2D eigenvalue weighted by atomic mass is 10.2. The van der Waals surface area contributed by atoms with Crippen LogP contribution in [0.15, 0.2) is 48.1 Å². The molecule has 1 aliphatic rings. The molecule has 9 heteroatoms. The third-order valence-electron chi connectivity index (χ3n) is 4.16. The summed E-state index contributed by atoms with van der Waals surface area (Å²) in [4.78, 5) is 18.7. The maximum absolute atomic E-state index is 12.2. The van der Waals surface area contributed by atoms with Crippen molar-refractivity contribution in [3.63, 3.8) is 0 Å². The summed E-state index contributed by atoms with van der Waals surface area (Å²) in [7, 11) is 0. The lowest BCUT2D eigenvalue weighted by Gasteiger charge is -2.18. The first-order chi connectivity index (χ1) is 13.2. The number of aromatic nitrogens is 3. The lowest BCUT2D eigenvalue weighted by molar-refractivity contribution is 0.102. The van der Waals surface area contributed by atoms with E-state index in [1.165, 1.54) is 11.3 Å². The van der Waals surface area contributed by atoms with Gasteiger partial charge in [-0.05, 0) is 30.3 Å². The maximum Gasteiger partial charge on any atom is 0.259 e. The van der Waals surface area contributed by atoms with Crippen LogP contribution in [0.3, 0.4) is 0 Å². The van der Waals surface area contributed by atoms with Gasteiger partial charge in [0.05, 0.1) is 12.1 Å². The third-order valence-corrected chi connectivity index (χ3v) is 5.00. The highest BCUT2D eigenvalue weighted by molar-refractivity contribution is 7.13. The molecule has 1 aromatic carbocycles. The van der Waals surface area contributed by atoms with Gasteiger partial charge in [0.15, 0.2) is 0 Å². The van der Waals surface area contributed by atoms with Crippen LogP contribution in [0.5, 0.6) is 5.75 Å². The topological polar surface area (TPSA) is 80.2 Å². The number of nitrogens with zero attached hydrogens (tertiary/aromatic N) is 4. The largest absolute Gasteiger partial charge is 0.488 e. The van der Waals surface area contributed by atoms with Crippen molar-refractivity contribution in [3.8, 4) is 5.75 Å².